The molecule has 0 fully saturated rings. The first-order valence-electron chi connectivity index (χ1n) is 9.64. The summed E-state index contributed by atoms with van der Waals surface area (Å²) >= 11 is 3.43. The summed E-state index contributed by atoms with van der Waals surface area (Å²) in [5.74, 6) is -0.0326. The second-order valence-electron chi connectivity index (χ2n) is 6.65. The van der Waals surface area contributed by atoms with Gasteiger partial charge >= 0.3 is 5.97 Å². The van der Waals surface area contributed by atoms with Crippen molar-refractivity contribution in [2.24, 2.45) is 0 Å². The van der Waals surface area contributed by atoms with Gasteiger partial charge in [0.1, 0.15) is 0 Å². The molecule has 1 N–H and O–H groups in total. The van der Waals surface area contributed by atoms with Crippen molar-refractivity contribution in [1.29, 1.82) is 0 Å². The first-order chi connectivity index (χ1) is 14.1. The summed E-state index contributed by atoms with van der Waals surface area (Å²) in [7, 11) is 1.36. The van der Waals surface area contributed by atoms with E-state index in [1.165, 1.54) is 20.0 Å². The van der Waals surface area contributed by atoms with Gasteiger partial charge in [-0.1, -0.05) is 42.1 Å². The fourth-order valence-corrected chi connectivity index (χ4v) is 3.18. The van der Waals surface area contributed by atoms with E-state index >= 15 is 0 Å². The molecule has 0 saturated heterocycles. The van der Waals surface area contributed by atoms with E-state index in [1.807, 2.05) is 36.4 Å². The molecule has 0 aliphatic heterocycles. The molecule has 2 aromatic carbocycles. The van der Waals surface area contributed by atoms with Gasteiger partial charge in [0.05, 0.1) is 19.2 Å². The minimum atomic E-state index is -0.436. The molecule has 0 spiro atoms. The molecule has 0 saturated carbocycles. The number of tetrazole rings is 1. The number of methoxy groups -OCH3 is 1. The molecule has 152 valence electrons. The van der Waals surface area contributed by atoms with E-state index in [2.05, 4.69) is 43.6 Å². The molecule has 0 atom stereocenters. The molecule has 0 aliphatic rings. The fraction of sp³-hybridized carbons (Fsp3) is 0.333. The van der Waals surface area contributed by atoms with E-state index in [4.69, 9.17) is 4.74 Å². The number of rotatable bonds is 9. The molecule has 3 rings (SSSR count). The number of aromatic nitrogens is 4. The van der Waals surface area contributed by atoms with Crippen LogP contribution >= 0.6 is 15.9 Å². The van der Waals surface area contributed by atoms with Gasteiger partial charge in [0, 0.05) is 21.4 Å². The van der Waals surface area contributed by atoms with Crippen molar-refractivity contribution in [2.75, 3.05) is 12.4 Å². The number of hydrogen-bond donors (Lipinski definition) is 1. The number of hydrogen-bond acceptors (Lipinski definition) is 6. The molecule has 0 bridgehead atoms. The Hall–Kier alpha value is -2.74. The van der Waals surface area contributed by atoms with Gasteiger partial charge in [-0.25, -0.2) is 4.79 Å². The zero-order valence-corrected chi connectivity index (χ0v) is 18.1. The molecule has 0 aliphatic carbocycles. The second kappa shape index (κ2) is 10.2. The molecule has 0 radical (unpaired) electrons. The van der Waals surface area contributed by atoms with E-state index in [0.29, 0.717) is 23.5 Å². The minimum Gasteiger partial charge on any atom is -0.465 e. The number of esters is 1. The van der Waals surface area contributed by atoms with Crippen molar-refractivity contribution in [1.82, 2.24) is 20.2 Å². The summed E-state index contributed by atoms with van der Waals surface area (Å²) in [5.41, 5.74) is 2.73. The maximum atomic E-state index is 12.2. The summed E-state index contributed by atoms with van der Waals surface area (Å²) in [6.07, 6.45) is 4.50. The monoisotopic (exact) mass is 457 g/mol. The van der Waals surface area contributed by atoms with Gasteiger partial charge < -0.3 is 10.1 Å². The van der Waals surface area contributed by atoms with Crippen molar-refractivity contribution in [3.8, 4) is 11.4 Å². The van der Waals surface area contributed by atoms with Crippen molar-refractivity contribution < 1.29 is 9.53 Å². The Morgan fingerprint density at radius 2 is 1.86 bits per heavy atom. The average molecular weight is 458 g/mol. The van der Waals surface area contributed by atoms with Crippen LogP contribution in [0.5, 0.6) is 0 Å². The van der Waals surface area contributed by atoms with Gasteiger partial charge in [-0.2, -0.15) is 4.80 Å². The van der Waals surface area contributed by atoms with Gasteiger partial charge in [0.2, 0.25) is 5.82 Å². The van der Waals surface area contributed by atoms with E-state index in [9.17, 15) is 4.79 Å². The van der Waals surface area contributed by atoms with Crippen molar-refractivity contribution in [3.63, 3.8) is 0 Å². The molecule has 8 heteroatoms. The van der Waals surface area contributed by atoms with Crippen molar-refractivity contribution in [3.05, 3.63) is 52.5 Å². The molecule has 7 nitrogen and oxygen atoms in total. The topological polar surface area (TPSA) is 81.9 Å². The first-order valence-corrected chi connectivity index (χ1v) is 10.4. The summed E-state index contributed by atoms with van der Waals surface area (Å²) in [6, 6.07) is 13.2. The number of anilines is 2. The predicted octanol–water partition coefficient (Wildman–Crippen LogP) is 5.21. The van der Waals surface area contributed by atoms with Gasteiger partial charge in [0.25, 0.3) is 0 Å². The highest BCUT2D eigenvalue weighted by atomic mass is 79.9. The molecular weight excluding hydrogens is 434 g/mol. The van der Waals surface area contributed by atoms with E-state index in [1.54, 1.807) is 10.9 Å². The lowest BCUT2D eigenvalue weighted by Gasteiger charge is -2.10. The standard InChI is InChI=1S/C21H24BrN5O2/c1-3-4-5-6-13-27-25-20(24-26-27)19-14-17(11-12-18(19)21(28)29-2)23-16-9-7-15(22)8-10-16/h7-12,14,23H,3-6,13H2,1-2H3. The molecular formula is C21H24BrN5O2. The third-order valence-electron chi connectivity index (χ3n) is 4.46. The average Bonchev–Trinajstić information content (AvgIpc) is 3.21. The summed E-state index contributed by atoms with van der Waals surface area (Å²) < 4.78 is 5.93. The molecule has 0 unspecified atom stereocenters. The van der Waals surface area contributed by atoms with E-state index in [0.717, 1.165) is 28.7 Å². The number of halogens is 1. The number of carbonyl (C=O) groups excluding carboxylic acids is 1. The molecule has 29 heavy (non-hydrogen) atoms. The van der Waals surface area contributed by atoms with Crippen molar-refractivity contribution >= 4 is 33.3 Å². The molecule has 1 heterocycles. The summed E-state index contributed by atoms with van der Waals surface area (Å²) in [6.45, 7) is 2.88. The number of ether oxygens (including phenoxy) is 1. The van der Waals surface area contributed by atoms with Crippen LogP contribution in [0.3, 0.4) is 0 Å². The zero-order chi connectivity index (χ0) is 20.6. The number of unbranched alkanes of at least 4 members (excludes halogenated alkanes) is 3. The lowest BCUT2D eigenvalue weighted by Crippen LogP contribution is -2.06. The van der Waals surface area contributed by atoms with E-state index in [-0.39, 0.29) is 0 Å². The number of nitrogens with one attached hydrogen (secondary N) is 1. The molecule has 1 aromatic heterocycles. The van der Waals surface area contributed by atoms with E-state index < -0.39 is 5.97 Å². The number of nitrogens with zero attached hydrogens (tertiary/aromatic N) is 4. The zero-order valence-electron chi connectivity index (χ0n) is 16.6. The summed E-state index contributed by atoms with van der Waals surface area (Å²) in [5, 5.41) is 16.1. The largest absolute Gasteiger partial charge is 0.465 e. The van der Waals surface area contributed by atoms with Crippen LogP contribution in [0.15, 0.2) is 46.9 Å². The Morgan fingerprint density at radius 3 is 2.59 bits per heavy atom. The number of aryl methyl sites for hydroxylation is 1. The Bertz CT molecular complexity index is 956. The van der Waals surface area contributed by atoms with Gasteiger partial charge in [-0.3, -0.25) is 0 Å². The maximum absolute atomic E-state index is 12.2. The Labute approximate surface area is 178 Å². The third kappa shape index (κ3) is 5.63. The van der Waals surface area contributed by atoms with Crippen molar-refractivity contribution in [2.45, 2.75) is 39.2 Å². The van der Waals surface area contributed by atoms with Gasteiger partial charge in [0.15, 0.2) is 0 Å². The molecule has 3 aromatic rings. The minimum absolute atomic E-state index is 0.402. The predicted molar refractivity (Wildman–Crippen MR) is 116 cm³/mol. The normalized spacial score (nSPS) is 10.7. The van der Waals surface area contributed by atoms with Crippen LogP contribution in [0.25, 0.3) is 11.4 Å². The SMILES string of the molecule is CCCCCCn1nnc(-c2cc(Nc3ccc(Br)cc3)ccc2C(=O)OC)n1. The van der Waals surface area contributed by atoms with Crippen LogP contribution in [0.4, 0.5) is 11.4 Å². The summed E-state index contributed by atoms with van der Waals surface area (Å²) in [4.78, 5) is 13.8. The smallest absolute Gasteiger partial charge is 0.338 e. The van der Waals surface area contributed by atoms with Crippen LogP contribution in [0.1, 0.15) is 43.0 Å². The highest BCUT2D eigenvalue weighted by Crippen LogP contribution is 2.27. The molecule has 0 amide bonds. The first kappa shape index (κ1) is 21.0. The second-order valence-corrected chi connectivity index (χ2v) is 7.57. The van der Waals surface area contributed by atoms with Gasteiger partial charge in [-0.15, -0.1) is 10.2 Å². The van der Waals surface area contributed by atoms with Crippen LogP contribution in [0.2, 0.25) is 0 Å². The Morgan fingerprint density at radius 1 is 1.10 bits per heavy atom. The quantitative estimate of drug-likeness (QED) is 0.350. The lowest BCUT2D eigenvalue weighted by atomic mass is 10.1. The fourth-order valence-electron chi connectivity index (χ4n) is 2.92. The highest BCUT2D eigenvalue weighted by molar-refractivity contribution is 9.10. The van der Waals surface area contributed by atoms with Crippen LogP contribution in [0, 0.1) is 0 Å². The van der Waals surface area contributed by atoms with Crippen LogP contribution in [-0.2, 0) is 11.3 Å². The Balaban J connectivity index is 1.85. The van der Waals surface area contributed by atoms with Crippen LogP contribution < -0.4 is 5.32 Å². The number of benzene rings is 2. The van der Waals surface area contributed by atoms with Gasteiger partial charge in [-0.05, 0) is 54.1 Å². The lowest BCUT2D eigenvalue weighted by molar-refractivity contribution is 0.0601. The Kier molecular flexibility index (Phi) is 7.35. The van der Waals surface area contributed by atoms with Crippen LogP contribution in [-0.4, -0.2) is 33.3 Å². The maximum Gasteiger partial charge on any atom is 0.338 e. The third-order valence-corrected chi connectivity index (χ3v) is 4.99. The highest BCUT2D eigenvalue weighted by Gasteiger charge is 2.18. The number of carbonyl (C=O) groups is 1.